The Morgan fingerprint density at radius 1 is 1.17 bits per heavy atom. The molecule has 24 heavy (non-hydrogen) atoms. The highest BCUT2D eigenvalue weighted by molar-refractivity contribution is 6.00. The zero-order valence-electron chi connectivity index (χ0n) is 12.8. The lowest BCUT2D eigenvalue weighted by Crippen LogP contribution is -2.03. The molecule has 2 aromatic carbocycles. The van der Waals surface area contributed by atoms with Crippen molar-refractivity contribution in [2.45, 2.75) is 12.8 Å². The summed E-state index contributed by atoms with van der Waals surface area (Å²) in [7, 11) is 1.22. The van der Waals surface area contributed by atoms with Gasteiger partial charge in [0, 0.05) is 24.1 Å². The van der Waals surface area contributed by atoms with Crippen LogP contribution in [0.15, 0.2) is 36.4 Å². The molecule has 0 N–H and O–H groups in total. The van der Waals surface area contributed by atoms with Gasteiger partial charge in [-0.2, -0.15) is 0 Å². The molecule has 0 aliphatic heterocycles. The molecule has 0 saturated heterocycles. The maximum absolute atomic E-state index is 11.6. The van der Waals surface area contributed by atoms with Crippen molar-refractivity contribution < 1.29 is 24.0 Å². The summed E-state index contributed by atoms with van der Waals surface area (Å²) in [4.78, 5) is 33.8. The number of ether oxygens (including phenoxy) is 2. The Morgan fingerprint density at radius 3 is 2.67 bits per heavy atom. The third-order valence-electron chi connectivity index (χ3n) is 3.80. The van der Waals surface area contributed by atoms with Crippen molar-refractivity contribution in [1.82, 2.24) is 0 Å². The molecule has 0 heterocycles. The number of hydrogen-bond acceptors (Lipinski definition) is 6. The minimum Gasteiger partial charge on any atom is -0.465 e. The number of nitro groups is 1. The fraction of sp³-hybridized carbons (Fsp3) is 0.176. The number of hydrogen-bond donors (Lipinski definition) is 0. The number of rotatable bonds is 4. The third kappa shape index (κ3) is 2.83. The molecule has 0 unspecified atom stereocenters. The van der Waals surface area contributed by atoms with Crippen LogP contribution >= 0.6 is 0 Å². The Labute approximate surface area is 137 Å². The van der Waals surface area contributed by atoms with E-state index in [0.717, 1.165) is 5.56 Å². The van der Waals surface area contributed by atoms with Gasteiger partial charge in [0.1, 0.15) is 5.75 Å². The van der Waals surface area contributed by atoms with Crippen LogP contribution in [0, 0.1) is 10.1 Å². The van der Waals surface area contributed by atoms with Crippen molar-refractivity contribution >= 4 is 17.4 Å². The first-order valence-electron chi connectivity index (χ1n) is 7.20. The largest absolute Gasteiger partial charge is 0.465 e. The standard InChI is InChI=1S/C17H13NO6/c1-23-17(20)11-2-6-14(18(21)22)16(9-11)24-12-4-5-13-10(8-12)3-7-15(13)19/h2,4-6,8-9H,3,7H2,1H3. The van der Waals surface area contributed by atoms with Crippen LogP contribution in [0.25, 0.3) is 0 Å². The molecule has 1 aliphatic carbocycles. The number of aryl methyl sites for hydroxylation is 1. The number of fused-ring (bicyclic) bond motifs is 1. The van der Waals surface area contributed by atoms with Crippen molar-refractivity contribution in [2.75, 3.05) is 7.11 Å². The first-order valence-corrected chi connectivity index (χ1v) is 7.20. The van der Waals surface area contributed by atoms with Crippen molar-refractivity contribution in [2.24, 2.45) is 0 Å². The average molecular weight is 327 g/mol. The maximum atomic E-state index is 11.6. The number of esters is 1. The van der Waals surface area contributed by atoms with Crippen molar-refractivity contribution in [3.05, 3.63) is 63.2 Å². The number of benzene rings is 2. The molecule has 122 valence electrons. The van der Waals surface area contributed by atoms with Crippen LogP contribution in [0.2, 0.25) is 0 Å². The van der Waals surface area contributed by atoms with Gasteiger partial charge in [0.15, 0.2) is 5.78 Å². The minimum absolute atomic E-state index is 0.0628. The number of methoxy groups -OCH3 is 1. The summed E-state index contributed by atoms with van der Waals surface area (Å²) in [5.41, 5.74) is 1.39. The van der Waals surface area contributed by atoms with Crippen LogP contribution in [-0.2, 0) is 11.2 Å². The van der Waals surface area contributed by atoms with Gasteiger partial charge in [0.2, 0.25) is 5.75 Å². The monoisotopic (exact) mass is 327 g/mol. The fourth-order valence-corrected chi connectivity index (χ4v) is 2.61. The van der Waals surface area contributed by atoms with E-state index in [0.29, 0.717) is 24.2 Å². The number of carbonyl (C=O) groups is 2. The summed E-state index contributed by atoms with van der Waals surface area (Å²) in [6.07, 6.45) is 1.08. The molecule has 3 rings (SSSR count). The molecule has 1 aliphatic rings. The van der Waals surface area contributed by atoms with Gasteiger partial charge in [-0.05, 0) is 36.2 Å². The van der Waals surface area contributed by atoms with Crippen LogP contribution in [0.4, 0.5) is 5.69 Å². The van der Waals surface area contributed by atoms with E-state index in [9.17, 15) is 19.7 Å². The molecule has 0 spiro atoms. The molecule has 0 radical (unpaired) electrons. The first-order chi connectivity index (χ1) is 11.5. The Bertz CT molecular complexity index is 858. The average Bonchev–Trinajstić information content (AvgIpc) is 2.94. The Hall–Kier alpha value is -3.22. The van der Waals surface area contributed by atoms with Crippen molar-refractivity contribution in [3.63, 3.8) is 0 Å². The molecule has 7 heteroatoms. The summed E-state index contributed by atoms with van der Waals surface area (Å²) < 4.78 is 10.2. The molecule has 7 nitrogen and oxygen atoms in total. The summed E-state index contributed by atoms with van der Waals surface area (Å²) in [6.45, 7) is 0. The summed E-state index contributed by atoms with van der Waals surface area (Å²) in [5.74, 6) is -0.231. The van der Waals surface area contributed by atoms with Gasteiger partial charge in [0.05, 0.1) is 17.6 Å². The maximum Gasteiger partial charge on any atom is 0.337 e. The zero-order valence-corrected chi connectivity index (χ0v) is 12.8. The van der Waals surface area contributed by atoms with Gasteiger partial charge in [-0.25, -0.2) is 4.79 Å². The molecule has 0 atom stereocenters. The van der Waals surface area contributed by atoms with E-state index >= 15 is 0 Å². The van der Waals surface area contributed by atoms with Gasteiger partial charge in [-0.15, -0.1) is 0 Å². The lowest BCUT2D eigenvalue weighted by Gasteiger charge is -2.09. The zero-order chi connectivity index (χ0) is 17.3. The van der Waals surface area contributed by atoms with E-state index in [1.54, 1.807) is 18.2 Å². The number of Topliss-reactive ketones (excluding diaryl/α,β-unsaturated/α-hetero) is 1. The molecule has 0 saturated carbocycles. The summed E-state index contributed by atoms with van der Waals surface area (Å²) in [6, 6.07) is 8.68. The lowest BCUT2D eigenvalue weighted by atomic mass is 10.1. The normalized spacial score (nSPS) is 12.6. The number of carbonyl (C=O) groups excluding carboxylic acids is 2. The Morgan fingerprint density at radius 2 is 1.96 bits per heavy atom. The van der Waals surface area contributed by atoms with E-state index in [2.05, 4.69) is 4.74 Å². The number of nitrogens with zero attached hydrogens (tertiary/aromatic N) is 1. The van der Waals surface area contributed by atoms with Gasteiger partial charge in [-0.1, -0.05) is 0 Å². The summed E-state index contributed by atoms with van der Waals surface area (Å²) in [5, 5.41) is 11.2. The smallest absolute Gasteiger partial charge is 0.337 e. The van der Waals surface area contributed by atoms with Gasteiger partial charge in [0.25, 0.3) is 0 Å². The van der Waals surface area contributed by atoms with E-state index in [1.165, 1.54) is 25.3 Å². The van der Waals surface area contributed by atoms with Gasteiger partial charge >= 0.3 is 11.7 Å². The van der Waals surface area contributed by atoms with Gasteiger partial charge < -0.3 is 9.47 Å². The highest BCUT2D eigenvalue weighted by Crippen LogP contribution is 2.34. The second kappa shape index (κ2) is 6.11. The highest BCUT2D eigenvalue weighted by Gasteiger charge is 2.22. The molecule has 0 bridgehead atoms. The highest BCUT2D eigenvalue weighted by atomic mass is 16.6. The van der Waals surface area contributed by atoms with Gasteiger partial charge in [-0.3, -0.25) is 14.9 Å². The SMILES string of the molecule is COC(=O)c1ccc([N+](=O)[O-])c(Oc2ccc3c(c2)CCC3=O)c1. The Kier molecular flexibility index (Phi) is 3.99. The predicted molar refractivity (Wildman–Crippen MR) is 83.6 cm³/mol. The van der Waals surface area contributed by atoms with Crippen LogP contribution < -0.4 is 4.74 Å². The van der Waals surface area contributed by atoms with Crippen molar-refractivity contribution in [1.29, 1.82) is 0 Å². The molecule has 0 aromatic heterocycles. The third-order valence-corrected chi connectivity index (χ3v) is 3.80. The summed E-state index contributed by atoms with van der Waals surface area (Å²) >= 11 is 0. The molecule has 0 amide bonds. The lowest BCUT2D eigenvalue weighted by molar-refractivity contribution is -0.385. The van der Waals surface area contributed by atoms with E-state index in [4.69, 9.17) is 4.74 Å². The quantitative estimate of drug-likeness (QED) is 0.485. The molecular weight excluding hydrogens is 314 g/mol. The minimum atomic E-state index is -0.616. The number of nitro benzene ring substituents is 1. The van der Waals surface area contributed by atoms with Crippen LogP contribution in [0.5, 0.6) is 11.5 Å². The molecular formula is C17H13NO6. The van der Waals surface area contributed by atoms with E-state index in [1.807, 2.05) is 0 Å². The van der Waals surface area contributed by atoms with Crippen molar-refractivity contribution in [3.8, 4) is 11.5 Å². The Balaban J connectivity index is 1.97. The number of ketones is 1. The first kappa shape index (κ1) is 15.7. The second-order valence-electron chi connectivity index (χ2n) is 5.28. The second-order valence-corrected chi connectivity index (χ2v) is 5.28. The predicted octanol–water partition coefficient (Wildman–Crippen LogP) is 3.30. The van der Waals surface area contributed by atoms with Crippen LogP contribution in [0.3, 0.4) is 0 Å². The van der Waals surface area contributed by atoms with E-state index in [-0.39, 0.29) is 22.8 Å². The van der Waals surface area contributed by atoms with Crippen LogP contribution in [-0.4, -0.2) is 23.8 Å². The van der Waals surface area contributed by atoms with E-state index < -0.39 is 10.9 Å². The molecule has 2 aromatic rings. The fourth-order valence-electron chi connectivity index (χ4n) is 2.61. The van der Waals surface area contributed by atoms with Crippen LogP contribution in [0.1, 0.15) is 32.7 Å². The molecule has 0 fully saturated rings. The topological polar surface area (TPSA) is 95.7 Å².